The first-order chi connectivity index (χ1) is 17.0. The number of Topliss-reactive ketones (excluding diaryl/α,β-unsaturated/α-hetero) is 1. The van der Waals surface area contributed by atoms with E-state index in [2.05, 4.69) is 17.7 Å². The summed E-state index contributed by atoms with van der Waals surface area (Å²) in [7, 11) is -2.15. The van der Waals surface area contributed by atoms with Gasteiger partial charge in [0.2, 0.25) is 0 Å². The lowest BCUT2D eigenvalue weighted by molar-refractivity contribution is -0.138. The predicted octanol–water partition coefficient (Wildman–Crippen LogP) is 3.47. The summed E-state index contributed by atoms with van der Waals surface area (Å²) < 4.78 is 19.9. The van der Waals surface area contributed by atoms with Gasteiger partial charge < -0.3 is 9.84 Å². The van der Waals surface area contributed by atoms with Crippen molar-refractivity contribution in [2.45, 2.75) is 77.2 Å². The lowest BCUT2D eigenvalue weighted by Crippen LogP contribution is -2.53. The average Bonchev–Trinajstić information content (AvgIpc) is 3.19. The van der Waals surface area contributed by atoms with E-state index in [1.165, 1.54) is 32.1 Å². The van der Waals surface area contributed by atoms with Gasteiger partial charge in [-0.05, 0) is 106 Å². The summed E-state index contributed by atoms with van der Waals surface area (Å²) in [5.41, 5.74) is -0.465. The maximum atomic E-state index is 13.6. The van der Waals surface area contributed by atoms with E-state index in [4.69, 9.17) is 4.74 Å². The van der Waals surface area contributed by atoms with Crippen LogP contribution in [0.15, 0.2) is 0 Å². The van der Waals surface area contributed by atoms with Gasteiger partial charge in [0, 0.05) is 54.7 Å². The molecule has 4 aliphatic carbocycles. The average molecular weight is 523 g/mol. The Morgan fingerprint density at radius 3 is 2.44 bits per heavy atom. The molecule has 5 aliphatic rings. The Hall–Kier alpha value is -0.470. The van der Waals surface area contributed by atoms with E-state index in [0.29, 0.717) is 37.4 Å². The second kappa shape index (κ2) is 10.3. The largest absolute Gasteiger partial charge is 0.387 e. The number of fused-ring (bicyclic) bond motifs is 5. The van der Waals surface area contributed by atoms with E-state index < -0.39 is 15.3 Å². The fourth-order valence-electron chi connectivity index (χ4n) is 9.52. The normalized spacial score (nSPS) is 45.3. The molecular formula is C29H50N2O4S. The molecule has 1 unspecified atom stereocenters. The van der Waals surface area contributed by atoms with Crippen molar-refractivity contribution >= 4 is 21.4 Å². The number of rotatable bonds is 7. The van der Waals surface area contributed by atoms with Crippen LogP contribution in [0.1, 0.15) is 71.6 Å². The van der Waals surface area contributed by atoms with Crippen LogP contribution in [0.2, 0.25) is 0 Å². The molecule has 0 aromatic carbocycles. The zero-order chi connectivity index (χ0) is 25.7. The van der Waals surface area contributed by atoms with Crippen molar-refractivity contribution in [3.05, 3.63) is 0 Å². The number of carbonyl (C=O) groups is 1. The SMILES string of the molecule is C=S(C)(=O)N1CCN(CC(=O)[C@H]2CC[C@H]3[C@@H]4CC[C@H]5C[C@@](O)(COCC)CC[C@@H]5[C@H]4CC[C@]23C)CC1. The fourth-order valence-corrected chi connectivity index (χ4v) is 10.5. The second-order valence-electron chi connectivity index (χ2n) is 13.3. The summed E-state index contributed by atoms with van der Waals surface area (Å²) in [4.78, 5) is 15.9. The van der Waals surface area contributed by atoms with E-state index in [1.54, 1.807) is 6.26 Å². The molecule has 5 rings (SSSR count). The number of nitrogens with zero attached hydrogens (tertiary/aromatic N) is 2. The number of hydrogen-bond donors (Lipinski definition) is 1. The molecule has 6 nitrogen and oxygen atoms in total. The molecule has 0 aromatic rings. The standard InChI is InChI=1S/C29H50N2O4S/c1-5-35-20-29(33)13-11-22-21(18-29)6-7-24-23(22)10-12-28(2)25(24)8-9-26(28)27(32)19-30-14-16-31(17-15-30)36(3,4)34/h21-26,33H,3,5-20H2,1-2,4H3/t21-,22-,23+,24+,25-,26+,28-,29+,36?/m0/s1. The highest BCUT2D eigenvalue weighted by atomic mass is 32.2. The van der Waals surface area contributed by atoms with Gasteiger partial charge in [0.1, 0.15) is 5.78 Å². The monoisotopic (exact) mass is 522 g/mol. The zero-order valence-electron chi connectivity index (χ0n) is 23.0. The minimum atomic E-state index is -2.15. The second-order valence-corrected chi connectivity index (χ2v) is 15.8. The minimum Gasteiger partial charge on any atom is -0.387 e. The van der Waals surface area contributed by atoms with Crippen molar-refractivity contribution in [1.29, 1.82) is 0 Å². The molecule has 1 saturated heterocycles. The lowest BCUT2D eigenvalue weighted by Gasteiger charge is -2.57. The van der Waals surface area contributed by atoms with Crippen molar-refractivity contribution in [1.82, 2.24) is 9.21 Å². The van der Waals surface area contributed by atoms with Gasteiger partial charge in [0.25, 0.3) is 0 Å². The van der Waals surface area contributed by atoms with Gasteiger partial charge in [-0.25, -0.2) is 4.31 Å². The molecule has 0 bridgehead atoms. The van der Waals surface area contributed by atoms with Crippen LogP contribution in [0.5, 0.6) is 0 Å². The number of ether oxygens (including phenoxy) is 1. The Kier molecular flexibility index (Phi) is 7.72. The van der Waals surface area contributed by atoms with Gasteiger partial charge in [-0.3, -0.25) is 13.9 Å². The van der Waals surface area contributed by atoms with Crippen molar-refractivity contribution < 1.29 is 18.8 Å². The molecule has 7 heteroatoms. The van der Waals surface area contributed by atoms with E-state index in [1.807, 2.05) is 11.2 Å². The Labute approximate surface area is 219 Å². The quantitative estimate of drug-likeness (QED) is 0.519. The molecule has 0 spiro atoms. The third-order valence-electron chi connectivity index (χ3n) is 11.3. The Morgan fingerprint density at radius 2 is 1.75 bits per heavy atom. The van der Waals surface area contributed by atoms with E-state index >= 15 is 0 Å². The Bertz CT molecular complexity index is 916. The van der Waals surface area contributed by atoms with Gasteiger partial charge in [0.15, 0.2) is 0 Å². The Morgan fingerprint density at radius 1 is 1.03 bits per heavy atom. The van der Waals surface area contributed by atoms with Crippen LogP contribution in [0.25, 0.3) is 0 Å². The molecule has 1 heterocycles. The summed E-state index contributed by atoms with van der Waals surface area (Å²) in [6.07, 6.45) is 11.9. The van der Waals surface area contributed by atoms with Crippen molar-refractivity contribution in [2.24, 2.45) is 40.9 Å². The third kappa shape index (κ3) is 5.09. The highest BCUT2D eigenvalue weighted by Crippen LogP contribution is 2.64. The first kappa shape index (κ1) is 27.1. The first-order valence-electron chi connectivity index (χ1n) is 14.7. The molecule has 206 valence electrons. The smallest absolute Gasteiger partial charge is 0.150 e. The number of aliphatic hydroxyl groups is 1. The summed E-state index contributed by atoms with van der Waals surface area (Å²) in [6.45, 7) is 9.27. The summed E-state index contributed by atoms with van der Waals surface area (Å²) in [6, 6.07) is 0. The van der Waals surface area contributed by atoms with E-state index in [9.17, 15) is 14.1 Å². The molecule has 5 fully saturated rings. The molecule has 1 N–H and O–H groups in total. The van der Waals surface area contributed by atoms with Crippen molar-refractivity contribution in [3.63, 3.8) is 0 Å². The zero-order valence-corrected chi connectivity index (χ0v) is 23.8. The van der Waals surface area contributed by atoms with Gasteiger partial charge in [-0.1, -0.05) is 6.92 Å². The summed E-state index contributed by atoms with van der Waals surface area (Å²) in [5.74, 6) is 8.10. The van der Waals surface area contributed by atoms with Crippen molar-refractivity contribution in [2.75, 3.05) is 52.2 Å². The van der Waals surface area contributed by atoms with Crippen LogP contribution in [0.3, 0.4) is 0 Å². The first-order valence-corrected chi connectivity index (χ1v) is 16.8. The van der Waals surface area contributed by atoms with Crippen molar-refractivity contribution in [3.8, 4) is 0 Å². The number of piperazine rings is 1. The van der Waals surface area contributed by atoms with E-state index in [-0.39, 0.29) is 11.3 Å². The molecule has 1 aliphatic heterocycles. The van der Waals surface area contributed by atoms with Gasteiger partial charge in [-0.15, -0.1) is 0 Å². The maximum Gasteiger partial charge on any atom is 0.150 e. The lowest BCUT2D eigenvalue weighted by atomic mass is 9.49. The summed E-state index contributed by atoms with van der Waals surface area (Å²) >= 11 is 0. The van der Waals surface area contributed by atoms with Crippen LogP contribution >= 0.6 is 0 Å². The van der Waals surface area contributed by atoms with Crippen LogP contribution in [-0.4, -0.2) is 88.0 Å². The van der Waals surface area contributed by atoms with E-state index in [0.717, 1.165) is 69.6 Å². The van der Waals surface area contributed by atoms with Crippen LogP contribution in [0, 0.1) is 40.9 Å². The van der Waals surface area contributed by atoms with Crippen LogP contribution < -0.4 is 0 Å². The predicted molar refractivity (Wildman–Crippen MR) is 146 cm³/mol. The summed E-state index contributed by atoms with van der Waals surface area (Å²) in [5, 5.41) is 11.1. The Balaban J connectivity index is 1.19. The third-order valence-corrected chi connectivity index (χ3v) is 12.8. The molecule has 4 saturated carbocycles. The topological polar surface area (TPSA) is 70.1 Å². The van der Waals surface area contributed by atoms with Gasteiger partial charge in [0.05, 0.1) is 18.8 Å². The van der Waals surface area contributed by atoms with Gasteiger partial charge in [-0.2, -0.15) is 0 Å². The highest BCUT2D eigenvalue weighted by molar-refractivity contribution is 7.97. The molecule has 0 amide bonds. The minimum absolute atomic E-state index is 0.155. The number of ketones is 1. The number of hydrogen-bond acceptors (Lipinski definition) is 5. The van der Waals surface area contributed by atoms with Gasteiger partial charge >= 0.3 is 0 Å². The molecule has 0 radical (unpaired) electrons. The maximum absolute atomic E-state index is 13.6. The molecule has 9 atom stereocenters. The molecular weight excluding hydrogens is 472 g/mol. The number of carbonyl (C=O) groups excluding carboxylic acids is 1. The van der Waals surface area contributed by atoms with Crippen LogP contribution in [0.4, 0.5) is 0 Å². The highest BCUT2D eigenvalue weighted by Gasteiger charge is 2.59. The van der Waals surface area contributed by atoms with Crippen LogP contribution in [-0.2, 0) is 19.2 Å². The fraction of sp³-hybridized carbons (Fsp3) is 0.931. The molecule has 36 heavy (non-hydrogen) atoms. The molecule has 0 aromatic heterocycles.